The van der Waals surface area contributed by atoms with Gasteiger partial charge in [0.2, 0.25) is 5.89 Å². The van der Waals surface area contributed by atoms with E-state index in [1.807, 2.05) is 31.2 Å². The van der Waals surface area contributed by atoms with Gasteiger partial charge in [-0.1, -0.05) is 29.8 Å². The molecule has 0 aliphatic heterocycles. The molecule has 0 N–H and O–H groups in total. The minimum Gasteiger partial charge on any atom is -0.455 e. The van der Waals surface area contributed by atoms with E-state index >= 15 is 0 Å². The highest BCUT2D eigenvalue weighted by Gasteiger charge is 2.11. The maximum absolute atomic E-state index is 12.8. The number of aromatic nitrogens is 2. The Hall–Kier alpha value is -3.02. The van der Waals surface area contributed by atoms with Gasteiger partial charge in [0.05, 0.1) is 6.42 Å². The number of hydrogen-bond donors (Lipinski definition) is 0. The van der Waals surface area contributed by atoms with E-state index in [0.29, 0.717) is 11.5 Å². The number of nitrogens with zero attached hydrogens (tertiary/aromatic N) is 2. The molecule has 6 heteroatoms. The van der Waals surface area contributed by atoms with Crippen molar-refractivity contribution in [3.05, 3.63) is 71.4 Å². The van der Waals surface area contributed by atoms with Crippen LogP contribution < -0.4 is 0 Å². The topological polar surface area (TPSA) is 65.2 Å². The first-order chi connectivity index (χ1) is 11.6. The number of rotatable bonds is 5. The summed E-state index contributed by atoms with van der Waals surface area (Å²) in [5.41, 5.74) is 2.57. The molecule has 3 rings (SSSR count). The summed E-state index contributed by atoms with van der Waals surface area (Å²) in [7, 11) is 0. The summed E-state index contributed by atoms with van der Waals surface area (Å²) >= 11 is 0. The highest BCUT2D eigenvalue weighted by Crippen LogP contribution is 2.19. The zero-order valence-corrected chi connectivity index (χ0v) is 13.0. The van der Waals surface area contributed by atoms with Crippen molar-refractivity contribution in [3.63, 3.8) is 0 Å². The van der Waals surface area contributed by atoms with Crippen LogP contribution in [0.4, 0.5) is 4.39 Å². The molecule has 0 atom stereocenters. The molecule has 3 aromatic rings. The summed E-state index contributed by atoms with van der Waals surface area (Å²) in [4.78, 5) is 11.8. The molecular weight excluding hydrogens is 311 g/mol. The minimum atomic E-state index is -0.447. The molecule has 2 aromatic carbocycles. The quantitative estimate of drug-likeness (QED) is 0.672. The standard InChI is InChI=1S/C18H15FN2O3/c1-12-3-2-4-14(9-12)18-21-20-16(24-18)11-23-17(22)10-13-5-7-15(19)8-6-13/h2-9H,10-11H2,1H3. The Bertz CT molecular complexity index is 843. The lowest BCUT2D eigenvalue weighted by atomic mass is 10.1. The maximum atomic E-state index is 12.8. The first kappa shape index (κ1) is 15.9. The molecule has 0 saturated heterocycles. The highest BCUT2D eigenvalue weighted by molar-refractivity contribution is 5.72. The minimum absolute atomic E-state index is 0.0547. The third-order valence-electron chi connectivity index (χ3n) is 3.35. The van der Waals surface area contributed by atoms with E-state index in [4.69, 9.17) is 9.15 Å². The number of carbonyl (C=O) groups excluding carboxylic acids is 1. The van der Waals surface area contributed by atoms with Crippen molar-refractivity contribution >= 4 is 5.97 Å². The molecule has 0 radical (unpaired) electrons. The van der Waals surface area contributed by atoms with Crippen molar-refractivity contribution < 1.29 is 18.3 Å². The van der Waals surface area contributed by atoms with Crippen LogP contribution in [0.5, 0.6) is 0 Å². The molecule has 122 valence electrons. The lowest BCUT2D eigenvalue weighted by Crippen LogP contribution is -2.08. The first-order valence-electron chi connectivity index (χ1n) is 7.39. The fourth-order valence-electron chi connectivity index (χ4n) is 2.17. The molecule has 0 spiro atoms. The van der Waals surface area contributed by atoms with Crippen LogP contribution in [0, 0.1) is 12.7 Å². The van der Waals surface area contributed by atoms with E-state index in [1.54, 1.807) is 12.1 Å². The molecule has 24 heavy (non-hydrogen) atoms. The number of halogens is 1. The Morgan fingerprint density at radius 2 is 1.96 bits per heavy atom. The van der Waals surface area contributed by atoms with Crippen LogP contribution in [0.15, 0.2) is 52.9 Å². The molecule has 0 unspecified atom stereocenters. The van der Waals surface area contributed by atoms with Crippen LogP contribution in [0.2, 0.25) is 0 Å². The number of ether oxygens (including phenoxy) is 1. The van der Waals surface area contributed by atoms with Crippen LogP contribution in [-0.2, 0) is 22.6 Å². The molecule has 0 aliphatic carbocycles. The first-order valence-corrected chi connectivity index (χ1v) is 7.39. The third kappa shape index (κ3) is 4.04. The van der Waals surface area contributed by atoms with Crippen molar-refractivity contribution in [2.45, 2.75) is 20.0 Å². The molecule has 0 saturated carbocycles. The van der Waals surface area contributed by atoms with Gasteiger partial charge in [-0.25, -0.2) is 4.39 Å². The normalized spacial score (nSPS) is 10.6. The van der Waals surface area contributed by atoms with Crippen LogP contribution in [0.3, 0.4) is 0 Å². The Kier molecular flexibility index (Phi) is 4.65. The maximum Gasteiger partial charge on any atom is 0.310 e. The predicted molar refractivity (Wildman–Crippen MR) is 84.4 cm³/mol. The van der Waals surface area contributed by atoms with Gasteiger partial charge in [0, 0.05) is 5.56 Å². The molecular formula is C18H15FN2O3. The third-order valence-corrected chi connectivity index (χ3v) is 3.35. The van der Waals surface area contributed by atoms with Gasteiger partial charge in [-0.15, -0.1) is 10.2 Å². The van der Waals surface area contributed by atoms with Crippen molar-refractivity contribution in [1.82, 2.24) is 10.2 Å². The molecule has 1 heterocycles. The lowest BCUT2D eigenvalue weighted by Gasteiger charge is -2.02. The fraction of sp³-hybridized carbons (Fsp3) is 0.167. The van der Waals surface area contributed by atoms with Crippen LogP contribution in [0.1, 0.15) is 17.0 Å². The fourth-order valence-corrected chi connectivity index (χ4v) is 2.17. The molecule has 1 aromatic heterocycles. The van der Waals surface area contributed by atoms with Gasteiger partial charge in [-0.3, -0.25) is 4.79 Å². The summed E-state index contributed by atoms with van der Waals surface area (Å²) in [6.07, 6.45) is 0.0547. The van der Waals surface area contributed by atoms with Gasteiger partial charge in [-0.05, 0) is 36.8 Å². The smallest absolute Gasteiger partial charge is 0.310 e. The van der Waals surface area contributed by atoms with E-state index in [2.05, 4.69) is 10.2 Å². The largest absolute Gasteiger partial charge is 0.455 e. The predicted octanol–water partition coefficient (Wildman–Crippen LogP) is 3.47. The molecule has 0 aliphatic rings. The molecule has 0 fully saturated rings. The van der Waals surface area contributed by atoms with Gasteiger partial charge in [0.1, 0.15) is 5.82 Å². The van der Waals surface area contributed by atoms with Crippen molar-refractivity contribution in [2.75, 3.05) is 0 Å². The number of carbonyl (C=O) groups is 1. The van der Waals surface area contributed by atoms with Gasteiger partial charge in [0.15, 0.2) is 6.61 Å². The van der Waals surface area contributed by atoms with Gasteiger partial charge in [0.25, 0.3) is 5.89 Å². The Morgan fingerprint density at radius 3 is 2.71 bits per heavy atom. The number of benzene rings is 2. The van der Waals surface area contributed by atoms with Crippen molar-refractivity contribution in [3.8, 4) is 11.5 Å². The summed E-state index contributed by atoms with van der Waals surface area (Å²) in [5.74, 6) is -0.194. The molecule has 5 nitrogen and oxygen atoms in total. The lowest BCUT2D eigenvalue weighted by molar-refractivity contribution is -0.144. The van der Waals surface area contributed by atoms with Gasteiger partial charge in [-0.2, -0.15) is 0 Å². The van der Waals surface area contributed by atoms with Crippen molar-refractivity contribution in [2.24, 2.45) is 0 Å². The Morgan fingerprint density at radius 1 is 1.17 bits per heavy atom. The monoisotopic (exact) mass is 326 g/mol. The number of esters is 1. The Balaban J connectivity index is 1.57. The zero-order valence-electron chi connectivity index (χ0n) is 13.0. The molecule has 0 amide bonds. The summed E-state index contributed by atoms with van der Waals surface area (Å²) < 4.78 is 23.4. The van der Waals surface area contributed by atoms with E-state index in [-0.39, 0.29) is 24.7 Å². The average Bonchev–Trinajstić information content (AvgIpc) is 3.04. The van der Waals surface area contributed by atoms with Crippen LogP contribution in [-0.4, -0.2) is 16.2 Å². The van der Waals surface area contributed by atoms with E-state index < -0.39 is 5.97 Å². The van der Waals surface area contributed by atoms with Gasteiger partial charge < -0.3 is 9.15 Å². The second-order valence-electron chi connectivity index (χ2n) is 5.33. The van der Waals surface area contributed by atoms with E-state index in [9.17, 15) is 9.18 Å². The summed E-state index contributed by atoms with van der Waals surface area (Å²) in [6, 6.07) is 13.3. The summed E-state index contributed by atoms with van der Waals surface area (Å²) in [5, 5.41) is 7.82. The molecule has 0 bridgehead atoms. The zero-order chi connectivity index (χ0) is 16.9. The second-order valence-corrected chi connectivity index (χ2v) is 5.33. The Labute approximate surface area is 138 Å². The SMILES string of the molecule is Cc1cccc(-c2nnc(COC(=O)Cc3ccc(F)cc3)o2)c1. The van der Waals surface area contributed by atoms with E-state index in [0.717, 1.165) is 11.1 Å². The second kappa shape index (κ2) is 7.04. The summed E-state index contributed by atoms with van der Waals surface area (Å²) in [6.45, 7) is 1.87. The number of aryl methyl sites for hydroxylation is 1. The number of hydrogen-bond acceptors (Lipinski definition) is 5. The van der Waals surface area contributed by atoms with Crippen LogP contribution in [0.25, 0.3) is 11.5 Å². The van der Waals surface area contributed by atoms with Crippen LogP contribution >= 0.6 is 0 Å². The average molecular weight is 326 g/mol. The van der Waals surface area contributed by atoms with Crippen molar-refractivity contribution in [1.29, 1.82) is 0 Å². The van der Waals surface area contributed by atoms with Gasteiger partial charge >= 0.3 is 5.97 Å². The van der Waals surface area contributed by atoms with E-state index in [1.165, 1.54) is 12.1 Å². The highest BCUT2D eigenvalue weighted by atomic mass is 19.1.